The maximum atomic E-state index is 11.4. The predicted octanol–water partition coefficient (Wildman–Crippen LogP) is 0.844. The summed E-state index contributed by atoms with van der Waals surface area (Å²) in [6.07, 6.45) is 0.826. The van der Waals surface area contributed by atoms with Crippen LogP contribution in [-0.2, 0) is 10.2 Å². The van der Waals surface area contributed by atoms with E-state index in [0.29, 0.717) is 18.4 Å². The number of hydrogen-bond donors (Lipinski definition) is 3. The Labute approximate surface area is 98.8 Å². The molecule has 1 aromatic rings. The summed E-state index contributed by atoms with van der Waals surface area (Å²) >= 11 is 0. The van der Waals surface area contributed by atoms with Crippen LogP contribution in [-0.4, -0.2) is 29.3 Å². The molecule has 1 aromatic carbocycles. The van der Waals surface area contributed by atoms with Crippen LogP contribution in [0.2, 0.25) is 0 Å². The Morgan fingerprint density at radius 3 is 2.65 bits per heavy atom. The number of carboxylic acids is 1. The molecular formula is C12H15NO4. The minimum absolute atomic E-state index is 0.000380. The van der Waals surface area contributed by atoms with Gasteiger partial charge in [0.15, 0.2) is 11.5 Å². The topological polar surface area (TPSA) is 92.8 Å². The molecule has 0 radical (unpaired) electrons. The summed E-state index contributed by atoms with van der Waals surface area (Å²) in [5.41, 5.74) is 5.38. The predicted molar refractivity (Wildman–Crippen MR) is 61.2 cm³/mol. The van der Waals surface area contributed by atoms with E-state index in [1.54, 1.807) is 12.1 Å². The first-order valence-corrected chi connectivity index (χ1v) is 5.36. The second kappa shape index (κ2) is 3.92. The number of methoxy groups -OCH3 is 1. The summed E-state index contributed by atoms with van der Waals surface area (Å²) < 4.78 is 4.98. The van der Waals surface area contributed by atoms with Crippen LogP contribution in [0.1, 0.15) is 18.4 Å². The molecule has 1 aliphatic rings. The van der Waals surface area contributed by atoms with Gasteiger partial charge in [-0.25, -0.2) is 0 Å². The van der Waals surface area contributed by atoms with Crippen molar-refractivity contribution in [1.29, 1.82) is 0 Å². The van der Waals surface area contributed by atoms with Crippen LogP contribution >= 0.6 is 0 Å². The molecule has 1 aliphatic carbocycles. The van der Waals surface area contributed by atoms with E-state index in [1.165, 1.54) is 13.2 Å². The van der Waals surface area contributed by atoms with Gasteiger partial charge in [-0.1, -0.05) is 6.07 Å². The molecule has 0 heterocycles. The fraction of sp³-hybridized carbons (Fsp3) is 0.417. The van der Waals surface area contributed by atoms with Crippen molar-refractivity contribution in [1.82, 2.24) is 0 Å². The van der Waals surface area contributed by atoms with E-state index in [2.05, 4.69) is 0 Å². The maximum Gasteiger partial charge on any atom is 0.314 e. The number of benzene rings is 1. The van der Waals surface area contributed by atoms with Crippen molar-refractivity contribution in [3.8, 4) is 11.5 Å². The van der Waals surface area contributed by atoms with Gasteiger partial charge in [0.05, 0.1) is 12.5 Å². The maximum absolute atomic E-state index is 11.4. The molecule has 0 bridgehead atoms. The Morgan fingerprint density at radius 2 is 2.18 bits per heavy atom. The zero-order chi connectivity index (χ0) is 12.6. The van der Waals surface area contributed by atoms with Gasteiger partial charge in [0, 0.05) is 6.04 Å². The zero-order valence-corrected chi connectivity index (χ0v) is 9.51. The molecule has 4 N–H and O–H groups in total. The van der Waals surface area contributed by atoms with Crippen LogP contribution in [0.5, 0.6) is 11.5 Å². The van der Waals surface area contributed by atoms with Crippen molar-refractivity contribution in [2.45, 2.75) is 24.3 Å². The fourth-order valence-corrected chi connectivity index (χ4v) is 2.34. The number of phenolic OH excluding ortho intramolecular Hbond substituents is 1. The molecule has 5 nitrogen and oxygen atoms in total. The lowest BCUT2D eigenvalue weighted by Crippen LogP contribution is -2.54. The average Bonchev–Trinajstić information content (AvgIpc) is 2.25. The lowest BCUT2D eigenvalue weighted by molar-refractivity contribution is -0.148. The highest BCUT2D eigenvalue weighted by molar-refractivity contribution is 5.83. The Bertz CT molecular complexity index is 452. The van der Waals surface area contributed by atoms with Crippen LogP contribution in [0.25, 0.3) is 0 Å². The fourth-order valence-electron chi connectivity index (χ4n) is 2.34. The van der Waals surface area contributed by atoms with Gasteiger partial charge in [0.1, 0.15) is 0 Å². The van der Waals surface area contributed by atoms with Gasteiger partial charge in [-0.15, -0.1) is 0 Å². The molecule has 0 saturated heterocycles. The minimum atomic E-state index is -0.930. The third-order valence-electron chi connectivity index (χ3n) is 3.36. The molecule has 1 fully saturated rings. The number of aromatic hydroxyl groups is 1. The number of ether oxygens (including phenoxy) is 1. The second-order valence-corrected chi connectivity index (χ2v) is 4.44. The van der Waals surface area contributed by atoms with Crippen LogP contribution in [0, 0.1) is 0 Å². The molecule has 0 spiro atoms. The lowest BCUT2D eigenvalue weighted by Gasteiger charge is -2.43. The van der Waals surface area contributed by atoms with Crippen molar-refractivity contribution >= 4 is 5.97 Å². The van der Waals surface area contributed by atoms with Crippen molar-refractivity contribution < 1.29 is 19.7 Å². The Balaban J connectivity index is 2.41. The zero-order valence-electron chi connectivity index (χ0n) is 9.51. The number of hydrogen-bond acceptors (Lipinski definition) is 4. The van der Waals surface area contributed by atoms with Gasteiger partial charge in [-0.2, -0.15) is 0 Å². The molecule has 92 valence electrons. The molecule has 0 aromatic heterocycles. The second-order valence-electron chi connectivity index (χ2n) is 4.44. The molecule has 0 aliphatic heterocycles. The van der Waals surface area contributed by atoms with Crippen molar-refractivity contribution in [3.05, 3.63) is 23.8 Å². The van der Waals surface area contributed by atoms with E-state index >= 15 is 0 Å². The van der Waals surface area contributed by atoms with Gasteiger partial charge >= 0.3 is 5.97 Å². The first-order valence-electron chi connectivity index (χ1n) is 5.36. The number of phenols is 1. The van der Waals surface area contributed by atoms with Gasteiger partial charge in [-0.3, -0.25) is 4.79 Å². The van der Waals surface area contributed by atoms with Gasteiger partial charge in [0.25, 0.3) is 0 Å². The number of nitrogens with two attached hydrogens (primary N) is 1. The van der Waals surface area contributed by atoms with E-state index in [-0.39, 0.29) is 17.5 Å². The number of rotatable bonds is 3. The summed E-state index contributed by atoms with van der Waals surface area (Å²) in [5, 5.41) is 18.8. The number of aliphatic carboxylic acids is 1. The van der Waals surface area contributed by atoms with E-state index in [0.717, 1.165) is 0 Å². The van der Waals surface area contributed by atoms with E-state index < -0.39 is 11.4 Å². The van der Waals surface area contributed by atoms with E-state index in [4.69, 9.17) is 10.5 Å². The average molecular weight is 237 g/mol. The van der Waals surface area contributed by atoms with E-state index in [9.17, 15) is 15.0 Å². The standard InChI is InChI=1S/C12H15NO4/c1-17-10-4-7(2-3-9(10)14)12(11(15)16)5-8(13)6-12/h2-4,8,14H,5-6,13H2,1H3,(H,15,16). The lowest BCUT2D eigenvalue weighted by atomic mass is 9.62. The number of carbonyl (C=O) groups is 1. The van der Waals surface area contributed by atoms with Crippen LogP contribution < -0.4 is 10.5 Å². The summed E-state index contributed by atoms with van der Waals surface area (Å²) in [4.78, 5) is 11.4. The molecule has 5 heteroatoms. The third kappa shape index (κ3) is 1.72. The Kier molecular flexibility index (Phi) is 2.71. The molecular weight excluding hydrogens is 222 g/mol. The smallest absolute Gasteiger partial charge is 0.314 e. The summed E-state index contributed by atoms with van der Waals surface area (Å²) in [5.74, 6) is -0.601. The highest BCUT2D eigenvalue weighted by Gasteiger charge is 2.50. The molecule has 0 amide bonds. The van der Waals surface area contributed by atoms with E-state index in [1.807, 2.05) is 0 Å². The highest BCUT2D eigenvalue weighted by Crippen LogP contribution is 2.45. The van der Waals surface area contributed by atoms with Gasteiger partial charge in [0.2, 0.25) is 0 Å². The highest BCUT2D eigenvalue weighted by atomic mass is 16.5. The molecule has 0 unspecified atom stereocenters. The van der Waals surface area contributed by atoms with Crippen molar-refractivity contribution in [3.63, 3.8) is 0 Å². The Morgan fingerprint density at radius 1 is 1.53 bits per heavy atom. The first-order chi connectivity index (χ1) is 7.99. The monoisotopic (exact) mass is 237 g/mol. The molecule has 17 heavy (non-hydrogen) atoms. The van der Waals surface area contributed by atoms with Gasteiger partial charge < -0.3 is 20.7 Å². The SMILES string of the molecule is COc1cc(C2(C(=O)O)CC(N)C2)ccc1O. The Hall–Kier alpha value is -1.75. The normalized spacial score (nSPS) is 27.3. The summed E-state index contributed by atoms with van der Waals surface area (Å²) in [6, 6.07) is 4.54. The summed E-state index contributed by atoms with van der Waals surface area (Å²) in [7, 11) is 1.43. The van der Waals surface area contributed by atoms with Gasteiger partial charge in [-0.05, 0) is 30.5 Å². The summed E-state index contributed by atoms with van der Waals surface area (Å²) in [6.45, 7) is 0. The molecule has 1 saturated carbocycles. The van der Waals surface area contributed by atoms with Crippen LogP contribution in [0.3, 0.4) is 0 Å². The molecule has 2 rings (SSSR count). The van der Waals surface area contributed by atoms with Crippen molar-refractivity contribution in [2.24, 2.45) is 5.73 Å². The first kappa shape index (κ1) is 11.7. The van der Waals surface area contributed by atoms with Crippen molar-refractivity contribution in [2.75, 3.05) is 7.11 Å². The van der Waals surface area contributed by atoms with Crippen LogP contribution in [0.15, 0.2) is 18.2 Å². The quantitative estimate of drug-likeness (QED) is 0.724. The number of carboxylic acid groups (broad SMARTS) is 1. The largest absolute Gasteiger partial charge is 0.504 e. The minimum Gasteiger partial charge on any atom is -0.504 e. The van der Waals surface area contributed by atoms with Crippen LogP contribution in [0.4, 0.5) is 0 Å². The third-order valence-corrected chi connectivity index (χ3v) is 3.36. The molecule has 0 atom stereocenters.